The van der Waals surface area contributed by atoms with Gasteiger partial charge < -0.3 is 19.5 Å². The van der Waals surface area contributed by atoms with Crippen LogP contribution in [0, 0.1) is 13.8 Å². The Morgan fingerprint density at radius 2 is 1.85 bits per heavy atom. The van der Waals surface area contributed by atoms with Crippen molar-refractivity contribution < 1.29 is 24.2 Å². The lowest BCUT2D eigenvalue weighted by Gasteiger charge is -2.31. The lowest BCUT2D eigenvalue weighted by molar-refractivity contribution is -0.139. The summed E-state index contributed by atoms with van der Waals surface area (Å²) in [5.74, 6) is 0.496. The molecular weight excluding hydrogens is 518 g/mol. The number of fused-ring (bicyclic) bond motifs is 1. The number of carboxylic acids is 1. The van der Waals surface area contributed by atoms with Crippen LogP contribution in [0.1, 0.15) is 41.5 Å². The summed E-state index contributed by atoms with van der Waals surface area (Å²) in [5, 5.41) is 13.4. The molecular formula is C33H35N3O5. The van der Waals surface area contributed by atoms with E-state index >= 15 is 0 Å². The van der Waals surface area contributed by atoms with Gasteiger partial charge in [-0.1, -0.05) is 36.4 Å². The summed E-state index contributed by atoms with van der Waals surface area (Å²) in [5.41, 5.74) is 7.52. The number of anilines is 1. The molecule has 41 heavy (non-hydrogen) atoms. The van der Waals surface area contributed by atoms with Gasteiger partial charge in [0.05, 0.1) is 19.3 Å². The summed E-state index contributed by atoms with van der Waals surface area (Å²) in [7, 11) is 0. The van der Waals surface area contributed by atoms with Gasteiger partial charge in [-0.2, -0.15) is 5.10 Å². The summed E-state index contributed by atoms with van der Waals surface area (Å²) in [6.07, 6.45) is 6.76. The first-order valence-corrected chi connectivity index (χ1v) is 14.0. The number of rotatable bonds is 11. The molecule has 0 saturated carbocycles. The third kappa shape index (κ3) is 6.77. The Kier molecular flexibility index (Phi) is 8.67. The van der Waals surface area contributed by atoms with Crippen LogP contribution in [-0.4, -0.2) is 46.5 Å². The van der Waals surface area contributed by atoms with Crippen LogP contribution >= 0.6 is 0 Å². The van der Waals surface area contributed by atoms with Gasteiger partial charge in [0.15, 0.2) is 6.61 Å². The van der Waals surface area contributed by atoms with Crippen molar-refractivity contribution in [3.8, 4) is 22.6 Å². The van der Waals surface area contributed by atoms with E-state index < -0.39 is 5.97 Å². The Bertz CT molecular complexity index is 1540. The first-order valence-electron chi connectivity index (χ1n) is 14.0. The summed E-state index contributed by atoms with van der Waals surface area (Å²) < 4.78 is 13.1. The summed E-state index contributed by atoms with van der Waals surface area (Å²) in [4.78, 5) is 26.0. The highest BCUT2D eigenvalue weighted by atomic mass is 16.5. The fourth-order valence-corrected chi connectivity index (χ4v) is 5.23. The highest BCUT2D eigenvalue weighted by Crippen LogP contribution is 2.36. The third-order valence-corrected chi connectivity index (χ3v) is 7.45. The highest BCUT2D eigenvalue weighted by molar-refractivity contribution is 5.96. The fraction of sp³-hybridized carbons (Fsp3) is 0.303. The number of ether oxygens (including phenoxy) is 2. The number of hydrogen-bond acceptors (Lipinski definition) is 5. The van der Waals surface area contributed by atoms with E-state index in [1.165, 1.54) is 11.1 Å². The SMILES string of the molecule is Cc1cccc(OCCCC(=O)N2CCCc3c(-c4cnn(Cc5cccc(OCC(=O)O)c5)c4)cccc32)c1C. The average molecular weight is 554 g/mol. The van der Waals surface area contributed by atoms with Crippen LogP contribution in [0.15, 0.2) is 73.1 Å². The number of aliphatic carboxylic acids is 1. The molecule has 5 rings (SSSR count). The molecule has 0 saturated heterocycles. The van der Waals surface area contributed by atoms with Crippen LogP contribution in [0.25, 0.3) is 11.1 Å². The van der Waals surface area contributed by atoms with Gasteiger partial charge in [-0.3, -0.25) is 9.48 Å². The molecule has 8 heteroatoms. The van der Waals surface area contributed by atoms with Crippen LogP contribution in [0.4, 0.5) is 5.69 Å². The Balaban J connectivity index is 1.24. The second-order valence-electron chi connectivity index (χ2n) is 10.4. The highest BCUT2D eigenvalue weighted by Gasteiger charge is 2.24. The van der Waals surface area contributed by atoms with Gasteiger partial charge in [-0.15, -0.1) is 0 Å². The number of amides is 1. The Labute approximate surface area is 240 Å². The minimum atomic E-state index is -1.01. The predicted octanol–water partition coefficient (Wildman–Crippen LogP) is 5.82. The summed E-state index contributed by atoms with van der Waals surface area (Å²) >= 11 is 0. The number of benzene rings is 3. The largest absolute Gasteiger partial charge is 0.493 e. The molecule has 0 fully saturated rings. The van der Waals surface area contributed by atoms with Crippen LogP contribution in [-0.2, 0) is 22.6 Å². The first kappa shape index (κ1) is 28.0. The van der Waals surface area contributed by atoms with Gasteiger partial charge in [0.2, 0.25) is 5.91 Å². The quantitative estimate of drug-likeness (QED) is 0.235. The van der Waals surface area contributed by atoms with Crippen LogP contribution in [0.2, 0.25) is 0 Å². The Hall–Kier alpha value is -4.59. The van der Waals surface area contributed by atoms with Crippen molar-refractivity contribution in [2.24, 2.45) is 0 Å². The zero-order valence-corrected chi connectivity index (χ0v) is 23.5. The molecule has 4 aromatic rings. The summed E-state index contributed by atoms with van der Waals surface area (Å²) in [6.45, 7) is 5.48. The monoisotopic (exact) mass is 553 g/mol. The lowest BCUT2D eigenvalue weighted by atomic mass is 9.93. The van der Waals surface area contributed by atoms with Gasteiger partial charge in [0, 0.05) is 30.4 Å². The number of aryl methyl sites for hydroxylation is 1. The fourth-order valence-electron chi connectivity index (χ4n) is 5.23. The average Bonchev–Trinajstić information content (AvgIpc) is 3.44. The van der Waals surface area contributed by atoms with Crippen molar-refractivity contribution in [1.29, 1.82) is 0 Å². The van der Waals surface area contributed by atoms with E-state index in [0.29, 0.717) is 38.3 Å². The van der Waals surface area contributed by atoms with E-state index in [-0.39, 0.29) is 12.5 Å². The molecule has 2 heterocycles. The van der Waals surface area contributed by atoms with Crippen molar-refractivity contribution >= 4 is 17.6 Å². The number of carbonyl (C=O) groups is 2. The topological polar surface area (TPSA) is 93.9 Å². The van der Waals surface area contributed by atoms with E-state index in [1.807, 2.05) is 64.4 Å². The molecule has 8 nitrogen and oxygen atoms in total. The maximum Gasteiger partial charge on any atom is 0.341 e. The number of hydrogen-bond donors (Lipinski definition) is 1. The van der Waals surface area contributed by atoms with Crippen molar-refractivity contribution in [2.75, 3.05) is 24.7 Å². The molecule has 0 unspecified atom stereocenters. The molecule has 212 valence electrons. The van der Waals surface area contributed by atoms with Gasteiger partial charge in [-0.25, -0.2) is 4.79 Å². The standard InChI is InChI=1S/C33H35N3O5/c1-23-8-3-14-31(24(23)2)40-17-7-15-32(37)36-16-6-12-29-28(11-5-13-30(29)36)26-19-34-35(21-26)20-25-9-4-10-27(18-25)41-22-33(38)39/h3-5,8-11,13-14,18-19,21H,6-7,12,15-17,20,22H2,1-2H3,(H,38,39). The van der Waals surface area contributed by atoms with E-state index in [0.717, 1.165) is 46.5 Å². The Morgan fingerprint density at radius 3 is 2.71 bits per heavy atom. The smallest absolute Gasteiger partial charge is 0.341 e. The van der Waals surface area contributed by atoms with Gasteiger partial charge in [0.25, 0.3) is 0 Å². The van der Waals surface area contributed by atoms with E-state index in [2.05, 4.69) is 31.1 Å². The van der Waals surface area contributed by atoms with Gasteiger partial charge in [-0.05, 0) is 85.2 Å². The second kappa shape index (κ2) is 12.7. The molecule has 0 aliphatic carbocycles. The van der Waals surface area contributed by atoms with Crippen LogP contribution < -0.4 is 14.4 Å². The summed E-state index contributed by atoms with van der Waals surface area (Å²) in [6, 6.07) is 19.5. The minimum absolute atomic E-state index is 0.119. The van der Waals surface area contributed by atoms with Crippen molar-refractivity contribution in [1.82, 2.24) is 9.78 Å². The zero-order chi connectivity index (χ0) is 28.8. The van der Waals surface area contributed by atoms with E-state index in [4.69, 9.17) is 14.6 Å². The molecule has 1 aromatic heterocycles. The number of nitrogens with zero attached hydrogens (tertiary/aromatic N) is 3. The number of aromatic nitrogens is 2. The molecule has 3 aromatic carbocycles. The molecule has 1 aliphatic rings. The molecule has 0 bridgehead atoms. The Morgan fingerprint density at radius 1 is 1.02 bits per heavy atom. The predicted molar refractivity (Wildman–Crippen MR) is 158 cm³/mol. The second-order valence-corrected chi connectivity index (χ2v) is 10.4. The van der Waals surface area contributed by atoms with Gasteiger partial charge >= 0.3 is 5.97 Å². The molecule has 0 atom stereocenters. The molecule has 0 radical (unpaired) electrons. The van der Waals surface area contributed by atoms with Crippen molar-refractivity contribution in [2.45, 2.75) is 46.1 Å². The lowest BCUT2D eigenvalue weighted by Crippen LogP contribution is -2.35. The minimum Gasteiger partial charge on any atom is -0.493 e. The number of carbonyl (C=O) groups excluding carboxylic acids is 1. The molecule has 1 aliphatic heterocycles. The van der Waals surface area contributed by atoms with Crippen LogP contribution in [0.5, 0.6) is 11.5 Å². The van der Waals surface area contributed by atoms with Crippen LogP contribution in [0.3, 0.4) is 0 Å². The maximum absolute atomic E-state index is 13.3. The number of carboxylic acid groups (broad SMARTS) is 1. The van der Waals surface area contributed by atoms with Crippen molar-refractivity contribution in [3.63, 3.8) is 0 Å². The van der Waals surface area contributed by atoms with Crippen molar-refractivity contribution in [3.05, 3.63) is 95.3 Å². The molecule has 1 amide bonds. The zero-order valence-electron chi connectivity index (χ0n) is 23.5. The van der Waals surface area contributed by atoms with E-state index in [1.54, 1.807) is 6.07 Å². The normalized spacial score (nSPS) is 12.6. The van der Waals surface area contributed by atoms with Gasteiger partial charge in [0.1, 0.15) is 11.5 Å². The molecule has 0 spiro atoms. The van der Waals surface area contributed by atoms with E-state index in [9.17, 15) is 9.59 Å². The first-order chi connectivity index (χ1) is 19.9. The molecule has 1 N–H and O–H groups in total. The maximum atomic E-state index is 13.3. The third-order valence-electron chi connectivity index (χ3n) is 7.45.